The zero-order valence-electron chi connectivity index (χ0n) is 20.0. The molecule has 1 fully saturated rings. The molecule has 36 heavy (non-hydrogen) atoms. The van der Waals surface area contributed by atoms with Gasteiger partial charge in [0.25, 0.3) is 0 Å². The number of nitrogens with one attached hydrogen (secondary N) is 1. The Labute approximate surface area is 224 Å². The summed E-state index contributed by atoms with van der Waals surface area (Å²) in [6, 6.07) is 18.6. The molecule has 0 unspecified atom stereocenters. The van der Waals surface area contributed by atoms with Crippen LogP contribution in [0.5, 0.6) is 0 Å². The Bertz CT molecular complexity index is 1150. The number of nitrogens with zero attached hydrogens (tertiary/aromatic N) is 3. The topological polar surface area (TPSA) is 57.7 Å². The first-order valence-electron chi connectivity index (χ1n) is 12.2. The summed E-state index contributed by atoms with van der Waals surface area (Å²) in [6.07, 6.45) is 0.880. The smallest absolute Gasteiger partial charge is 0.323 e. The van der Waals surface area contributed by atoms with Crippen molar-refractivity contribution in [1.82, 2.24) is 14.8 Å². The van der Waals surface area contributed by atoms with E-state index in [1.807, 2.05) is 40.6 Å². The van der Waals surface area contributed by atoms with E-state index in [1.54, 1.807) is 22.7 Å². The second kappa shape index (κ2) is 12.6. The number of carbonyl (C=O) groups excluding carboxylic acids is 1. The maximum Gasteiger partial charge on any atom is 0.323 e. The van der Waals surface area contributed by atoms with E-state index in [1.165, 1.54) is 21.1 Å². The highest BCUT2D eigenvalue weighted by Crippen LogP contribution is 2.34. The SMILES string of the molecule is O=C(Nc1nc(-c2ccccc2)cs1)N(CCC(c1cccs1)c1cccs1)CCN1CCOCC1. The lowest BCUT2D eigenvalue weighted by Crippen LogP contribution is -2.44. The van der Waals surface area contributed by atoms with E-state index in [9.17, 15) is 4.79 Å². The Balaban J connectivity index is 1.28. The molecule has 9 heteroatoms. The number of anilines is 1. The Morgan fingerprint density at radius 2 is 1.69 bits per heavy atom. The third-order valence-corrected chi connectivity index (χ3v) is 9.06. The van der Waals surface area contributed by atoms with Crippen molar-refractivity contribution in [2.45, 2.75) is 12.3 Å². The molecule has 0 aliphatic carbocycles. The first-order chi connectivity index (χ1) is 17.8. The van der Waals surface area contributed by atoms with Crippen molar-refractivity contribution in [3.8, 4) is 11.3 Å². The largest absolute Gasteiger partial charge is 0.379 e. The van der Waals surface area contributed by atoms with Crippen LogP contribution in [0.3, 0.4) is 0 Å². The molecule has 1 aliphatic heterocycles. The fourth-order valence-corrected chi connectivity index (χ4v) is 6.88. The van der Waals surface area contributed by atoms with Gasteiger partial charge >= 0.3 is 6.03 Å². The number of morpholine rings is 1. The van der Waals surface area contributed by atoms with E-state index in [-0.39, 0.29) is 6.03 Å². The second-order valence-corrected chi connectivity index (χ2v) is 11.5. The standard InChI is InChI=1S/C27H30N4O2S3/c32-27(29-26-28-23(20-36-26)21-6-2-1-3-7-21)31(13-12-30-14-16-33-17-15-30)11-10-22(24-8-4-18-34-24)25-9-5-19-35-25/h1-9,18-20,22H,10-17H2,(H,28,29,32). The molecule has 1 aliphatic rings. The van der Waals surface area contributed by atoms with Crippen LogP contribution in [0, 0.1) is 0 Å². The maximum absolute atomic E-state index is 13.5. The van der Waals surface area contributed by atoms with Gasteiger partial charge in [0.1, 0.15) is 0 Å². The second-order valence-electron chi connectivity index (χ2n) is 8.65. The Morgan fingerprint density at radius 3 is 2.36 bits per heavy atom. The van der Waals surface area contributed by atoms with Crippen LogP contribution in [0.1, 0.15) is 22.1 Å². The van der Waals surface area contributed by atoms with Gasteiger partial charge in [-0.2, -0.15) is 0 Å². The molecule has 4 aromatic rings. The summed E-state index contributed by atoms with van der Waals surface area (Å²) in [5.41, 5.74) is 1.93. The minimum Gasteiger partial charge on any atom is -0.379 e. The number of thiazole rings is 1. The van der Waals surface area contributed by atoms with Gasteiger partial charge in [-0.1, -0.05) is 42.5 Å². The molecule has 1 aromatic carbocycles. The zero-order valence-corrected chi connectivity index (χ0v) is 22.5. The maximum atomic E-state index is 13.5. The number of thiophene rings is 2. The van der Waals surface area contributed by atoms with Gasteiger partial charge in [0.2, 0.25) is 0 Å². The van der Waals surface area contributed by atoms with Crippen molar-refractivity contribution in [2.75, 3.05) is 51.3 Å². The number of rotatable bonds is 10. The van der Waals surface area contributed by atoms with Crippen LogP contribution >= 0.6 is 34.0 Å². The number of benzene rings is 1. The molecule has 0 spiro atoms. The molecular formula is C27H30N4O2S3. The Kier molecular flexibility index (Phi) is 8.79. The van der Waals surface area contributed by atoms with Gasteiger partial charge in [0.05, 0.1) is 18.9 Å². The predicted octanol–water partition coefficient (Wildman–Crippen LogP) is 6.32. The lowest BCUT2D eigenvalue weighted by molar-refractivity contribution is 0.0351. The molecule has 0 saturated carbocycles. The van der Waals surface area contributed by atoms with E-state index in [4.69, 9.17) is 4.74 Å². The molecule has 6 nitrogen and oxygen atoms in total. The average molecular weight is 539 g/mol. The number of hydrogen-bond acceptors (Lipinski definition) is 7. The van der Waals surface area contributed by atoms with Crippen LogP contribution in [0.15, 0.2) is 70.7 Å². The molecule has 5 rings (SSSR count). The molecule has 188 valence electrons. The van der Waals surface area contributed by atoms with Gasteiger partial charge in [-0.05, 0) is 29.3 Å². The number of aromatic nitrogens is 1. The normalized spacial score (nSPS) is 14.2. The highest BCUT2D eigenvalue weighted by atomic mass is 32.1. The Morgan fingerprint density at radius 1 is 0.972 bits per heavy atom. The highest BCUT2D eigenvalue weighted by Gasteiger charge is 2.22. The summed E-state index contributed by atoms with van der Waals surface area (Å²) < 4.78 is 5.49. The lowest BCUT2D eigenvalue weighted by Gasteiger charge is -2.30. The van der Waals surface area contributed by atoms with Crippen molar-refractivity contribution in [3.63, 3.8) is 0 Å². The van der Waals surface area contributed by atoms with Crippen molar-refractivity contribution < 1.29 is 9.53 Å². The number of hydrogen-bond donors (Lipinski definition) is 1. The summed E-state index contributed by atoms with van der Waals surface area (Å²) in [5.74, 6) is 0.299. The first kappa shape index (κ1) is 25.1. The number of urea groups is 1. The van der Waals surface area contributed by atoms with Gasteiger partial charge in [0.15, 0.2) is 5.13 Å². The molecule has 1 N–H and O–H groups in total. The van der Waals surface area contributed by atoms with E-state index in [2.05, 4.69) is 50.2 Å². The minimum atomic E-state index is -0.0895. The van der Waals surface area contributed by atoms with Gasteiger partial charge in [-0.3, -0.25) is 10.2 Å². The van der Waals surface area contributed by atoms with Gasteiger partial charge in [-0.25, -0.2) is 9.78 Å². The molecule has 0 atom stereocenters. The monoisotopic (exact) mass is 538 g/mol. The van der Waals surface area contributed by atoms with Crippen LogP contribution < -0.4 is 5.32 Å². The van der Waals surface area contributed by atoms with Crippen molar-refractivity contribution >= 4 is 45.2 Å². The first-order valence-corrected chi connectivity index (χ1v) is 14.8. The average Bonchev–Trinajstić information content (AvgIpc) is 3.71. The molecular weight excluding hydrogens is 509 g/mol. The van der Waals surface area contributed by atoms with E-state index in [0.717, 1.165) is 50.5 Å². The van der Waals surface area contributed by atoms with Crippen molar-refractivity contribution in [2.24, 2.45) is 0 Å². The summed E-state index contributed by atoms with van der Waals surface area (Å²) in [4.78, 5) is 25.1. The third kappa shape index (κ3) is 6.60. The summed E-state index contributed by atoms with van der Waals surface area (Å²) in [7, 11) is 0. The van der Waals surface area contributed by atoms with Crippen LogP contribution in [-0.4, -0.2) is 66.8 Å². The Hall–Kier alpha value is -2.56. The molecule has 2 amide bonds. The van der Waals surface area contributed by atoms with Crippen LogP contribution in [-0.2, 0) is 4.74 Å². The van der Waals surface area contributed by atoms with E-state index >= 15 is 0 Å². The van der Waals surface area contributed by atoms with Gasteiger partial charge in [-0.15, -0.1) is 34.0 Å². The zero-order chi connectivity index (χ0) is 24.6. The fraction of sp³-hybridized carbons (Fsp3) is 0.333. The van der Waals surface area contributed by atoms with Crippen LogP contribution in [0.4, 0.5) is 9.93 Å². The molecule has 3 aromatic heterocycles. The quantitative estimate of drug-likeness (QED) is 0.257. The number of ether oxygens (including phenoxy) is 1. The highest BCUT2D eigenvalue weighted by molar-refractivity contribution is 7.14. The number of amides is 2. The minimum absolute atomic E-state index is 0.0895. The molecule has 1 saturated heterocycles. The molecule has 0 radical (unpaired) electrons. The van der Waals surface area contributed by atoms with E-state index in [0.29, 0.717) is 24.1 Å². The number of carbonyl (C=O) groups is 1. The van der Waals surface area contributed by atoms with Crippen molar-refractivity contribution in [3.05, 3.63) is 80.5 Å². The molecule has 0 bridgehead atoms. The van der Waals surface area contributed by atoms with Crippen LogP contribution in [0.2, 0.25) is 0 Å². The fourth-order valence-electron chi connectivity index (χ4n) is 4.33. The summed E-state index contributed by atoms with van der Waals surface area (Å²) in [6.45, 7) is 5.52. The predicted molar refractivity (Wildman–Crippen MR) is 150 cm³/mol. The summed E-state index contributed by atoms with van der Waals surface area (Å²) >= 11 is 5.04. The van der Waals surface area contributed by atoms with E-state index < -0.39 is 0 Å². The lowest BCUT2D eigenvalue weighted by atomic mass is 10.0. The van der Waals surface area contributed by atoms with Gasteiger partial charge < -0.3 is 9.64 Å². The van der Waals surface area contributed by atoms with Crippen molar-refractivity contribution in [1.29, 1.82) is 0 Å². The van der Waals surface area contributed by atoms with Crippen LogP contribution in [0.25, 0.3) is 11.3 Å². The van der Waals surface area contributed by atoms with Gasteiger partial charge in [0, 0.05) is 59.3 Å². The summed E-state index contributed by atoms with van der Waals surface area (Å²) in [5, 5.41) is 9.95. The third-order valence-electron chi connectivity index (χ3n) is 6.33. The molecule has 4 heterocycles.